The molecule has 8 heteroatoms. The molecule has 0 fully saturated rings. The van der Waals surface area contributed by atoms with Crippen LogP contribution >= 0.6 is 22.6 Å². The SMILES string of the molecule is CCCCNS(=O)(=O)c1ccc(OCC(=O)Nc2ccc(I)cc2)cc1. The number of amides is 1. The Balaban J connectivity index is 1.86. The van der Waals surface area contributed by atoms with Gasteiger partial charge in [0.1, 0.15) is 5.75 Å². The van der Waals surface area contributed by atoms with Crippen LogP contribution in [0.4, 0.5) is 5.69 Å². The fraction of sp³-hybridized carbons (Fsp3) is 0.278. The van der Waals surface area contributed by atoms with E-state index in [1.54, 1.807) is 0 Å². The highest BCUT2D eigenvalue weighted by Gasteiger charge is 2.13. The highest BCUT2D eigenvalue weighted by atomic mass is 127. The van der Waals surface area contributed by atoms with E-state index in [1.165, 1.54) is 24.3 Å². The van der Waals surface area contributed by atoms with Crippen LogP contribution < -0.4 is 14.8 Å². The van der Waals surface area contributed by atoms with Gasteiger partial charge in [0.2, 0.25) is 10.0 Å². The molecule has 0 aliphatic heterocycles. The number of carbonyl (C=O) groups excluding carboxylic acids is 1. The minimum absolute atomic E-state index is 0.160. The number of hydrogen-bond acceptors (Lipinski definition) is 4. The minimum atomic E-state index is -3.51. The first kappa shape index (κ1) is 20.7. The molecule has 0 bridgehead atoms. The molecule has 0 heterocycles. The van der Waals surface area contributed by atoms with Gasteiger partial charge in [-0.05, 0) is 77.5 Å². The van der Waals surface area contributed by atoms with E-state index in [9.17, 15) is 13.2 Å². The summed E-state index contributed by atoms with van der Waals surface area (Å²) in [5, 5.41) is 2.73. The van der Waals surface area contributed by atoms with Crippen molar-refractivity contribution in [1.29, 1.82) is 0 Å². The van der Waals surface area contributed by atoms with Gasteiger partial charge in [-0.1, -0.05) is 13.3 Å². The van der Waals surface area contributed by atoms with Gasteiger partial charge in [-0.3, -0.25) is 4.79 Å². The lowest BCUT2D eigenvalue weighted by molar-refractivity contribution is -0.118. The largest absolute Gasteiger partial charge is 0.484 e. The van der Waals surface area contributed by atoms with Gasteiger partial charge in [0.15, 0.2) is 6.61 Å². The summed E-state index contributed by atoms with van der Waals surface area (Å²) in [6.45, 7) is 2.25. The Hall–Kier alpha value is -1.65. The molecule has 0 aliphatic carbocycles. The first-order valence-electron chi connectivity index (χ1n) is 8.18. The van der Waals surface area contributed by atoms with Crippen LogP contribution in [0.25, 0.3) is 0 Å². The number of ether oxygens (including phenoxy) is 1. The standard InChI is InChI=1S/C18H21IN2O4S/c1-2-3-12-20-26(23,24)17-10-8-16(9-11-17)25-13-18(22)21-15-6-4-14(19)5-7-15/h4-11,20H,2-3,12-13H2,1H3,(H,21,22). The lowest BCUT2D eigenvalue weighted by atomic mass is 10.3. The van der Waals surface area contributed by atoms with E-state index in [2.05, 4.69) is 32.6 Å². The number of hydrogen-bond donors (Lipinski definition) is 2. The average Bonchev–Trinajstić information content (AvgIpc) is 2.62. The van der Waals surface area contributed by atoms with Gasteiger partial charge in [0.05, 0.1) is 4.90 Å². The van der Waals surface area contributed by atoms with Crippen LogP contribution in [0.15, 0.2) is 53.4 Å². The third kappa shape index (κ3) is 6.58. The molecule has 0 aliphatic rings. The normalized spacial score (nSPS) is 11.2. The van der Waals surface area contributed by atoms with E-state index in [1.807, 2.05) is 31.2 Å². The predicted molar refractivity (Wildman–Crippen MR) is 110 cm³/mol. The van der Waals surface area contributed by atoms with Crippen LogP contribution in [0, 0.1) is 3.57 Å². The van der Waals surface area contributed by atoms with Crippen LogP contribution in [0.3, 0.4) is 0 Å². The van der Waals surface area contributed by atoms with Crippen molar-refractivity contribution in [3.05, 3.63) is 52.1 Å². The topological polar surface area (TPSA) is 84.5 Å². The number of nitrogens with one attached hydrogen (secondary N) is 2. The van der Waals surface area contributed by atoms with Crippen molar-refractivity contribution in [2.45, 2.75) is 24.7 Å². The molecule has 2 aromatic rings. The molecule has 0 radical (unpaired) electrons. The molecule has 2 N–H and O–H groups in total. The summed E-state index contributed by atoms with van der Waals surface area (Å²) < 4.78 is 33.2. The van der Waals surface area contributed by atoms with Gasteiger partial charge in [-0.25, -0.2) is 13.1 Å². The van der Waals surface area contributed by atoms with Gasteiger partial charge in [-0.2, -0.15) is 0 Å². The minimum Gasteiger partial charge on any atom is -0.484 e. The summed E-state index contributed by atoms with van der Waals surface area (Å²) in [5.74, 6) is 0.138. The molecule has 2 aromatic carbocycles. The third-order valence-corrected chi connectivity index (χ3v) is 5.65. The number of rotatable bonds is 9. The lowest BCUT2D eigenvalue weighted by Gasteiger charge is -2.09. The Morgan fingerprint density at radius 3 is 2.35 bits per heavy atom. The molecule has 0 unspecified atom stereocenters. The van der Waals surface area contributed by atoms with Gasteiger partial charge >= 0.3 is 0 Å². The fourth-order valence-electron chi connectivity index (χ4n) is 2.06. The second-order valence-corrected chi connectivity index (χ2v) is 8.58. The Bertz CT molecular complexity index is 821. The maximum absolute atomic E-state index is 12.1. The number of anilines is 1. The molecular weight excluding hydrogens is 467 g/mol. The summed E-state index contributed by atoms with van der Waals surface area (Å²) in [6.07, 6.45) is 1.70. The van der Waals surface area contributed by atoms with Crippen molar-refractivity contribution in [3.63, 3.8) is 0 Å². The van der Waals surface area contributed by atoms with Gasteiger partial charge in [-0.15, -0.1) is 0 Å². The zero-order valence-corrected chi connectivity index (χ0v) is 17.3. The molecule has 0 saturated heterocycles. The maximum atomic E-state index is 12.1. The molecule has 0 saturated carbocycles. The third-order valence-electron chi connectivity index (χ3n) is 3.45. The van der Waals surface area contributed by atoms with Crippen molar-refractivity contribution in [2.24, 2.45) is 0 Å². The molecule has 1 amide bonds. The summed E-state index contributed by atoms with van der Waals surface area (Å²) >= 11 is 2.19. The summed E-state index contributed by atoms with van der Waals surface area (Å²) in [7, 11) is -3.51. The lowest BCUT2D eigenvalue weighted by Crippen LogP contribution is -2.24. The summed E-state index contributed by atoms with van der Waals surface area (Å²) in [6, 6.07) is 13.4. The van der Waals surface area contributed by atoms with E-state index in [0.717, 1.165) is 16.4 Å². The second kappa shape index (κ2) is 9.89. The predicted octanol–water partition coefficient (Wildman–Crippen LogP) is 3.39. The molecule has 6 nitrogen and oxygen atoms in total. The van der Waals surface area contributed by atoms with Crippen LogP contribution in [-0.2, 0) is 14.8 Å². The Morgan fingerprint density at radius 1 is 1.08 bits per heavy atom. The number of halogens is 1. The monoisotopic (exact) mass is 488 g/mol. The van der Waals surface area contributed by atoms with Crippen LogP contribution in [0.5, 0.6) is 5.75 Å². The highest BCUT2D eigenvalue weighted by Crippen LogP contribution is 2.16. The van der Waals surface area contributed by atoms with Gasteiger partial charge < -0.3 is 10.1 Å². The maximum Gasteiger partial charge on any atom is 0.262 e. The average molecular weight is 488 g/mol. The van der Waals surface area contributed by atoms with Crippen LogP contribution in [0.1, 0.15) is 19.8 Å². The van der Waals surface area contributed by atoms with Crippen molar-refractivity contribution in [3.8, 4) is 5.75 Å². The van der Waals surface area contributed by atoms with Gasteiger partial charge in [0.25, 0.3) is 5.91 Å². The molecule has 0 spiro atoms. The smallest absolute Gasteiger partial charge is 0.262 e. The fourth-order valence-corrected chi connectivity index (χ4v) is 3.49. The number of benzene rings is 2. The van der Waals surface area contributed by atoms with E-state index < -0.39 is 10.0 Å². The molecule has 26 heavy (non-hydrogen) atoms. The van der Waals surface area contributed by atoms with E-state index in [4.69, 9.17) is 4.74 Å². The molecule has 0 aromatic heterocycles. The Kier molecular flexibility index (Phi) is 7.85. The van der Waals surface area contributed by atoms with Crippen molar-refractivity contribution >= 4 is 44.2 Å². The molecular formula is C18H21IN2O4S. The highest BCUT2D eigenvalue weighted by molar-refractivity contribution is 14.1. The Morgan fingerprint density at radius 2 is 1.73 bits per heavy atom. The summed E-state index contributed by atoms with van der Waals surface area (Å²) in [4.78, 5) is 12.1. The first-order chi connectivity index (χ1) is 12.4. The van der Waals surface area contributed by atoms with E-state index in [0.29, 0.717) is 18.0 Å². The van der Waals surface area contributed by atoms with E-state index in [-0.39, 0.29) is 17.4 Å². The van der Waals surface area contributed by atoms with Crippen molar-refractivity contribution in [1.82, 2.24) is 4.72 Å². The molecule has 0 atom stereocenters. The first-order valence-corrected chi connectivity index (χ1v) is 10.7. The zero-order valence-electron chi connectivity index (χ0n) is 14.4. The molecule has 140 valence electrons. The van der Waals surface area contributed by atoms with Crippen LogP contribution in [-0.4, -0.2) is 27.5 Å². The number of sulfonamides is 1. The van der Waals surface area contributed by atoms with Crippen molar-refractivity contribution < 1.29 is 17.9 Å². The zero-order chi connectivity index (χ0) is 19.0. The number of carbonyl (C=O) groups is 1. The van der Waals surface area contributed by atoms with Crippen molar-refractivity contribution in [2.75, 3.05) is 18.5 Å². The number of unbranched alkanes of at least 4 members (excludes halogenated alkanes) is 1. The van der Waals surface area contributed by atoms with Gasteiger partial charge in [0, 0.05) is 15.8 Å². The van der Waals surface area contributed by atoms with E-state index >= 15 is 0 Å². The van der Waals surface area contributed by atoms with Crippen LogP contribution in [0.2, 0.25) is 0 Å². The Labute approximate surface area is 167 Å². The quantitative estimate of drug-likeness (QED) is 0.419. The molecule has 2 rings (SSSR count). The second-order valence-electron chi connectivity index (χ2n) is 5.57. The summed E-state index contributed by atoms with van der Waals surface area (Å²) in [5.41, 5.74) is 0.693.